The van der Waals surface area contributed by atoms with Crippen molar-refractivity contribution in [1.29, 1.82) is 5.26 Å². The Labute approximate surface area is 137 Å². The van der Waals surface area contributed by atoms with E-state index in [1.807, 2.05) is 13.0 Å². The van der Waals surface area contributed by atoms with Crippen LogP contribution < -0.4 is 4.57 Å². The first-order valence-corrected chi connectivity index (χ1v) is 8.81. The molecule has 0 radical (unpaired) electrons. The molecule has 0 fully saturated rings. The number of rotatable bonds is 2. The molecule has 0 amide bonds. The standard InChI is InChI=1S/C17H16BrN2S/c1-11-8-12(2)20-15(10-21-17(20)14(11)9-19)16(18)13-6-4-3-5-7-13/h3-8,15-16H,10H2,1-2H3/q+1/t15-,16+/m1/s1. The molecule has 1 aromatic carbocycles. The van der Waals surface area contributed by atoms with Crippen molar-refractivity contribution in [3.63, 3.8) is 0 Å². The molecule has 0 saturated carbocycles. The van der Waals surface area contributed by atoms with Crippen molar-refractivity contribution in [2.75, 3.05) is 5.75 Å². The minimum absolute atomic E-state index is 0.255. The van der Waals surface area contributed by atoms with Gasteiger partial charge in [-0.15, -0.1) is 0 Å². The van der Waals surface area contributed by atoms with Crippen molar-refractivity contribution >= 4 is 27.7 Å². The summed E-state index contributed by atoms with van der Waals surface area (Å²) in [5.41, 5.74) is 4.39. The number of thioether (sulfide) groups is 1. The third kappa shape index (κ3) is 2.49. The lowest BCUT2D eigenvalue weighted by molar-refractivity contribution is -0.752. The van der Waals surface area contributed by atoms with Crippen molar-refractivity contribution in [3.05, 3.63) is 58.8 Å². The molecule has 2 atom stereocenters. The second-order valence-electron chi connectivity index (χ2n) is 5.32. The zero-order valence-electron chi connectivity index (χ0n) is 12.0. The Morgan fingerprint density at radius 2 is 2.05 bits per heavy atom. The van der Waals surface area contributed by atoms with Crippen molar-refractivity contribution in [1.82, 2.24) is 0 Å². The SMILES string of the molecule is Cc1cc(C)[n+]2c(c1C#N)SC[C@@H]2[C@@H](Br)c1ccccc1. The number of alkyl halides is 1. The van der Waals surface area contributed by atoms with E-state index in [-0.39, 0.29) is 4.83 Å². The highest BCUT2D eigenvalue weighted by molar-refractivity contribution is 9.09. The Hall–Kier alpha value is -1.31. The normalized spacial score (nSPS) is 18.1. The summed E-state index contributed by atoms with van der Waals surface area (Å²) in [6.07, 6.45) is 0. The van der Waals surface area contributed by atoms with Crippen LogP contribution >= 0.6 is 27.7 Å². The van der Waals surface area contributed by atoms with Crippen LogP contribution in [0, 0.1) is 25.2 Å². The zero-order valence-corrected chi connectivity index (χ0v) is 14.4. The molecule has 0 bridgehead atoms. The van der Waals surface area contributed by atoms with Gasteiger partial charge >= 0.3 is 0 Å². The average Bonchev–Trinajstić information content (AvgIpc) is 2.93. The fraction of sp³-hybridized carbons (Fsp3) is 0.294. The highest BCUT2D eigenvalue weighted by atomic mass is 79.9. The maximum atomic E-state index is 9.43. The predicted octanol–water partition coefficient (Wildman–Crippen LogP) is 4.25. The number of pyridine rings is 1. The van der Waals surface area contributed by atoms with Gasteiger partial charge in [-0.3, -0.25) is 0 Å². The van der Waals surface area contributed by atoms with Crippen LogP contribution in [0.3, 0.4) is 0 Å². The smallest absolute Gasteiger partial charge is 0.192 e. The number of aryl methyl sites for hydroxylation is 2. The average molecular weight is 360 g/mol. The van der Waals surface area contributed by atoms with E-state index in [9.17, 15) is 5.26 Å². The Bertz CT molecular complexity index is 722. The van der Waals surface area contributed by atoms with Gasteiger partial charge in [-0.1, -0.05) is 46.3 Å². The summed E-state index contributed by atoms with van der Waals surface area (Å²) in [5.74, 6) is 0.990. The summed E-state index contributed by atoms with van der Waals surface area (Å²) in [5, 5.41) is 10.5. The minimum atomic E-state index is 0.255. The Morgan fingerprint density at radius 3 is 2.71 bits per heavy atom. The summed E-state index contributed by atoms with van der Waals surface area (Å²) < 4.78 is 2.32. The molecule has 0 aliphatic carbocycles. The largest absolute Gasteiger partial charge is 0.259 e. The number of benzene rings is 1. The topological polar surface area (TPSA) is 27.7 Å². The fourth-order valence-corrected chi connectivity index (χ4v) is 5.32. The van der Waals surface area contributed by atoms with Crippen molar-refractivity contribution in [2.24, 2.45) is 0 Å². The lowest BCUT2D eigenvalue weighted by Crippen LogP contribution is -2.44. The van der Waals surface area contributed by atoms with Gasteiger partial charge in [0.1, 0.15) is 16.5 Å². The first-order valence-electron chi connectivity index (χ1n) is 6.91. The molecule has 2 nitrogen and oxygen atoms in total. The molecule has 0 unspecified atom stereocenters. The van der Waals surface area contributed by atoms with Gasteiger partial charge in [0, 0.05) is 13.0 Å². The third-order valence-corrected chi connectivity index (χ3v) is 6.24. The Kier molecular flexibility index (Phi) is 4.05. The molecule has 1 aliphatic rings. The van der Waals surface area contributed by atoms with E-state index in [2.05, 4.69) is 63.8 Å². The molecule has 4 heteroatoms. The number of hydrogen-bond donors (Lipinski definition) is 0. The van der Waals surface area contributed by atoms with Crippen LogP contribution in [0.1, 0.15) is 33.3 Å². The lowest BCUT2D eigenvalue weighted by Gasteiger charge is -2.15. The third-order valence-electron chi connectivity index (χ3n) is 3.92. The Morgan fingerprint density at radius 1 is 1.33 bits per heavy atom. The van der Waals surface area contributed by atoms with Crippen molar-refractivity contribution in [2.45, 2.75) is 29.7 Å². The van der Waals surface area contributed by atoms with Crippen LogP contribution in [0.15, 0.2) is 41.4 Å². The Balaban J connectivity index is 2.07. The molecule has 106 valence electrons. The maximum Gasteiger partial charge on any atom is 0.259 e. The van der Waals surface area contributed by atoms with Gasteiger partial charge < -0.3 is 0 Å². The minimum Gasteiger partial charge on any atom is -0.192 e. The van der Waals surface area contributed by atoms with E-state index in [1.54, 1.807) is 11.8 Å². The summed E-state index contributed by atoms with van der Waals surface area (Å²) in [4.78, 5) is 0.255. The van der Waals surface area contributed by atoms with Crippen LogP contribution in [0.5, 0.6) is 0 Å². The number of nitrogens with zero attached hydrogens (tertiary/aromatic N) is 2. The predicted molar refractivity (Wildman–Crippen MR) is 88.7 cm³/mol. The van der Waals surface area contributed by atoms with Crippen molar-refractivity contribution < 1.29 is 4.57 Å². The molecule has 3 rings (SSSR count). The molecule has 21 heavy (non-hydrogen) atoms. The van der Waals surface area contributed by atoms with Crippen LogP contribution in [-0.4, -0.2) is 5.75 Å². The van der Waals surface area contributed by atoms with Crippen LogP contribution in [0.4, 0.5) is 0 Å². The van der Waals surface area contributed by atoms with Gasteiger partial charge in [0.2, 0.25) is 0 Å². The van der Waals surface area contributed by atoms with Gasteiger partial charge in [0.15, 0.2) is 11.7 Å². The van der Waals surface area contributed by atoms with Gasteiger partial charge in [0.05, 0.1) is 5.75 Å². The van der Waals surface area contributed by atoms with E-state index in [4.69, 9.17) is 0 Å². The number of nitriles is 1. The second-order valence-corrected chi connectivity index (χ2v) is 7.32. The van der Waals surface area contributed by atoms with Crippen LogP contribution in [0.25, 0.3) is 0 Å². The first kappa shape index (κ1) is 14.6. The first-order chi connectivity index (χ1) is 10.1. The van der Waals surface area contributed by atoms with E-state index in [0.717, 1.165) is 21.9 Å². The molecule has 0 saturated heterocycles. The van der Waals surface area contributed by atoms with Gasteiger partial charge in [-0.05, 0) is 29.8 Å². The van der Waals surface area contributed by atoms with E-state index < -0.39 is 0 Å². The lowest BCUT2D eigenvalue weighted by atomic mass is 10.0. The number of aromatic nitrogens is 1. The highest BCUT2D eigenvalue weighted by Crippen LogP contribution is 2.41. The van der Waals surface area contributed by atoms with Gasteiger partial charge in [-0.25, -0.2) is 0 Å². The molecule has 1 aliphatic heterocycles. The molecule has 2 aromatic rings. The van der Waals surface area contributed by atoms with E-state index >= 15 is 0 Å². The van der Waals surface area contributed by atoms with Gasteiger partial charge in [-0.2, -0.15) is 9.83 Å². The summed E-state index contributed by atoms with van der Waals surface area (Å²) >= 11 is 5.65. The molecular formula is C17H16BrN2S+. The molecule has 0 N–H and O–H groups in total. The summed E-state index contributed by atoms with van der Waals surface area (Å²) in [6.45, 7) is 4.14. The number of fused-ring (bicyclic) bond motifs is 1. The van der Waals surface area contributed by atoms with E-state index in [0.29, 0.717) is 6.04 Å². The monoisotopic (exact) mass is 359 g/mol. The zero-order chi connectivity index (χ0) is 15.0. The van der Waals surface area contributed by atoms with E-state index in [1.165, 1.54) is 11.3 Å². The maximum absolute atomic E-state index is 9.43. The van der Waals surface area contributed by atoms with Gasteiger partial charge in [0.25, 0.3) is 5.03 Å². The molecule has 1 aromatic heterocycles. The van der Waals surface area contributed by atoms with Crippen molar-refractivity contribution in [3.8, 4) is 6.07 Å². The fourth-order valence-electron chi connectivity index (χ4n) is 2.91. The highest BCUT2D eigenvalue weighted by Gasteiger charge is 2.41. The van der Waals surface area contributed by atoms with Crippen LogP contribution in [-0.2, 0) is 0 Å². The van der Waals surface area contributed by atoms with Crippen LogP contribution in [0.2, 0.25) is 0 Å². The number of hydrogen-bond acceptors (Lipinski definition) is 2. The second kappa shape index (κ2) is 5.82. The summed E-state index contributed by atoms with van der Waals surface area (Å²) in [6, 6.07) is 15.3. The summed E-state index contributed by atoms with van der Waals surface area (Å²) in [7, 11) is 0. The number of halogens is 1. The molecule has 2 heterocycles. The quantitative estimate of drug-likeness (QED) is 0.592. The molecular weight excluding hydrogens is 344 g/mol. The molecule has 0 spiro atoms.